The third kappa shape index (κ3) is 73.0. The quantitative estimate of drug-likeness (QED) is 0.0320. The fourth-order valence-electron chi connectivity index (χ4n) is 12.6. The molecule has 0 aliphatic rings. The number of allylic oxidation sites excluding steroid dienone is 5. The molecule has 0 aromatic carbocycles. The van der Waals surface area contributed by atoms with Crippen molar-refractivity contribution in [2.24, 2.45) is 0 Å². The van der Waals surface area contributed by atoms with E-state index in [1.54, 1.807) is 6.08 Å². The first-order valence-corrected chi connectivity index (χ1v) is 39.8. The molecule has 2 unspecified atom stereocenters. The van der Waals surface area contributed by atoms with Gasteiger partial charge in [-0.1, -0.05) is 403 Å². The van der Waals surface area contributed by atoms with Gasteiger partial charge in [0.05, 0.1) is 25.4 Å². The molecule has 3 N–H and O–H groups in total. The van der Waals surface area contributed by atoms with Crippen LogP contribution in [0.1, 0.15) is 444 Å². The Kier molecular flexibility index (Phi) is 74.8. The van der Waals surface area contributed by atoms with Crippen molar-refractivity contribution in [2.75, 3.05) is 13.2 Å². The molecule has 6 heteroatoms. The summed E-state index contributed by atoms with van der Waals surface area (Å²) in [6.07, 6.45) is 99.8. The van der Waals surface area contributed by atoms with Crippen LogP contribution in [0.5, 0.6) is 0 Å². The summed E-state index contributed by atoms with van der Waals surface area (Å²) >= 11 is 0. The molecule has 0 saturated heterocycles. The minimum Gasteiger partial charge on any atom is -0.466 e. The number of hydrogen-bond donors (Lipinski definition) is 3. The van der Waals surface area contributed by atoms with Gasteiger partial charge < -0.3 is 20.3 Å². The number of ether oxygens (including phenoxy) is 1. The summed E-state index contributed by atoms with van der Waals surface area (Å²) in [6, 6.07) is -0.627. The Labute approximate surface area is 544 Å². The van der Waals surface area contributed by atoms with Gasteiger partial charge in [-0.3, -0.25) is 9.59 Å². The average Bonchev–Trinajstić information content (AvgIpc) is 3.52. The third-order valence-electron chi connectivity index (χ3n) is 18.7. The van der Waals surface area contributed by atoms with Crippen molar-refractivity contribution in [3.05, 3.63) is 36.5 Å². The van der Waals surface area contributed by atoms with Crippen LogP contribution in [0.25, 0.3) is 0 Å². The Morgan fingerprint density at radius 3 is 0.897 bits per heavy atom. The fraction of sp³-hybridized carbons (Fsp3) is 0.901. The van der Waals surface area contributed by atoms with Gasteiger partial charge in [-0.2, -0.15) is 0 Å². The molecule has 2 atom stereocenters. The number of amides is 1. The lowest BCUT2D eigenvalue weighted by atomic mass is 10.0. The first-order chi connectivity index (χ1) is 43.0. The van der Waals surface area contributed by atoms with E-state index in [0.717, 1.165) is 51.4 Å². The van der Waals surface area contributed by atoms with Gasteiger partial charge >= 0.3 is 5.97 Å². The normalized spacial score (nSPS) is 12.6. The van der Waals surface area contributed by atoms with Gasteiger partial charge in [0.25, 0.3) is 0 Å². The molecule has 0 radical (unpaired) electrons. The van der Waals surface area contributed by atoms with Crippen LogP contribution in [-0.2, 0) is 14.3 Å². The van der Waals surface area contributed by atoms with E-state index >= 15 is 0 Å². The smallest absolute Gasteiger partial charge is 0.305 e. The van der Waals surface area contributed by atoms with E-state index in [2.05, 4.69) is 43.5 Å². The molecule has 0 heterocycles. The molecule has 0 rings (SSSR count). The number of rotatable bonds is 75. The second kappa shape index (κ2) is 76.5. The number of nitrogens with one attached hydrogen (secondary N) is 1. The summed E-state index contributed by atoms with van der Waals surface area (Å²) in [5, 5.41) is 23.3. The number of aliphatic hydroxyl groups is 2. The highest BCUT2D eigenvalue weighted by molar-refractivity contribution is 5.76. The van der Waals surface area contributed by atoms with E-state index in [-0.39, 0.29) is 18.5 Å². The molecule has 514 valence electrons. The number of esters is 1. The molecule has 0 aliphatic carbocycles. The molecule has 0 aliphatic heterocycles. The lowest BCUT2D eigenvalue weighted by Gasteiger charge is -2.20. The van der Waals surface area contributed by atoms with Gasteiger partial charge in [0.1, 0.15) is 0 Å². The maximum Gasteiger partial charge on any atom is 0.305 e. The van der Waals surface area contributed by atoms with Gasteiger partial charge in [-0.15, -0.1) is 0 Å². The largest absolute Gasteiger partial charge is 0.466 e. The lowest BCUT2D eigenvalue weighted by molar-refractivity contribution is -0.143. The number of aliphatic hydroxyl groups excluding tert-OH is 2. The zero-order valence-electron chi connectivity index (χ0n) is 59.0. The molecule has 87 heavy (non-hydrogen) atoms. The summed E-state index contributed by atoms with van der Waals surface area (Å²) in [4.78, 5) is 24.7. The van der Waals surface area contributed by atoms with Crippen LogP contribution in [0.4, 0.5) is 0 Å². The van der Waals surface area contributed by atoms with Crippen molar-refractivity contribution in [3.8, 4) is 0 Å². The molecule has 0 fully saturated rings. The van der Waals surface area contributed by atoms with Crippen molar-refractivity contribution in [2.45, 2.75) is 456 Å². The Bertz CT molecular complexity index is 1410. The standard InChI is InChI=1S/C81H155NO5/c1-3-5-7-9-11-13-15-17-19-21-23-24-34-38-41-45-49-53-57-61-65-69-73-79(84)78(77-83)82-80(85)74-70-66-62-58-54-50-46-42-39-35-32-30-28-26-25-27-29-31-33-36-40-44-48-52-56-60-64-68-72-76-87-81(86)75-71-67-63-59-55-51-47-43-37-22-20-18-16-14-12-10-8-6-4-2/h12,14,18,20,69,73,78-79,83-84H,3-11,13,15-17,19,21-68,70-72,74-77H2,1-2H3,(H,82,85)/b14-12-,20-18-,73-69+. The minimum atomic E-state index is -0.844. The molecule has 0 aromatic rings. The van der Waals surface area contributed by atoms with Crippen LogP contribution in [0.3, 0.4) is 0 Å². The van der Waals surface area contributed by atoms with Gasteiger partial charge in [0.2, 0.25) is 5.91 Å². The molecule has 0 bridgehead atoms. The van der Waals surface area contributed by atoms with Crippen LogP contribution in [0.15, 0.2) is 36.5 Å². The number of carbonyl (C=O) groups excluding carboxylic acids is 2. The van der Waals surface area contributed by atoms with Crippen LogP contribution in [0.2, 0.25) is 0 Å². The van der Waals surface area contributed by atoms with Crippen molar-refractivity contribution in [1.82, 2.24) is 5.32 Å². The monoisotopic (exact) mass is 1220 g/mol. The summed E-state index contributed by atoms with van der Waals surface area (Å²) in [5.41, 5.74) is 0. The Hall–Kier alpha value is -1.92. The second-order valence-corrected chi connectivity index (χ2v) is 27.4. The van der Waals surface area contributed by atoms with Crippen LogP contribution < -0.4 is 5.32 Å². The lowest BCUT2D eigenvalue weighted by Crippen LogP contribution is -2.45. The summed E-state index contributed by atoms with van der Waals surface area (Å²) in [7, 11) is 0. The molecule has 0 aromatic heterocycles. The molecule has 0 spiro atoms. The van der Waals surface area contributed by atoms with Crippen LogP contribution in [-0.4, -0.2) is 47.4 Å². The molecule has 6 nitrogen and oxygen atoms in total. The van der Waals surface area contributed by atoms with Crippen LogP contribution >= 0.6 is 0 Å². The Balaban J connectivity index is 3.36. The zero-order chi connectivity index (χ0) is 62.8. The maximum absolute atomic E-state index is 12.5. The Morgan fingerprint density at radius 1 is 0.322 bits per heavy atom. The van der Waals surface area contributed by atoms with Gasteiger partial charge in [-0.05, 0) is 64.2 Å². The molecule has 1 amide bonds. The number of unbranched alkanes of at least 4 members (excludes halogenated alkanes) is 60. The molecular formula is C81H155NO5. The van der Waals surface area contributed by atoms with E-state index < -0.39 is 12.1 Å². The van der Waals surface area contributed by atoms with Gasteiger partial charge in [-0.25, -0.2) is 0 Å². The number of carbonyl (C=O) groups is 2. The number of hydrogen-bond acceptors (Lipinski definition) is 5. The van der Waals surface area contributed by atoms with Crippen molar-refractivity contribution >= 4 is 11.9 Å². The van der Waals surface area contributed by atoms with E-state index in [1.807, 2.05) is 6.08 Å². The summed E-state index contributed by atoms with van der Waals surface area (Å²) < 4.78 is 5.52. The van der Waals surface area contributed by atoms with Gasteiger partial charge in [0, 0.05) is 12.8 Å². The molecule has 0 saturated carbocycles. The molecular weight excluding hydrogens is 1070 g/mol. The fourth-order valence-corrected chi connectivity index (χ4v) is 12.6. The van der Waals surface area contributed by atoms with Crippen molar-refractivity contribution in [1.29, 1.82) is 0 Å². The summed E-state index contributed by atoms with van der Waals surface area (Å²) in [6.45, 7) is 4.93. The van der Waals surface area contributed by atoms with Crippen molar-refractivity contribution in [3.63, 3.8) is 0 Å². The van der Waals surface area contributed by atoms with E-state index in [0.29, 0.717) is 19.4 Å². The zero-order valence-corrected chi connectivity index (χ0v) is 59.0. The maximum atomic E-state index is 12.5. The van der Waals surface area contributed by atoms with Gasteiger partial charge in [0.15, 0.2) is 0 Å². The van der Waals surface area contributed by atoms with E-state index in [9.17, 15) is 19.8 Å². The van der Waals surface area contributed by atoms with E-state index in [1.165, 1.54) is 366 Å². The average molecular weight is 1220 g/mol. The predicted molar refractivity (Wildman–Crippen MR) is 384 cm³/mol. The van der Waals surface area contributed by atoms with Crippen molar-refractivity contribution < 1.29 is 24.5 Å². The van der Waals surface area contributed by atoms with Crippen LogP contribution in [0, 0.1) is 0 Å². The topological polar surface area (TPSA) is 95.9 Å². The highest BCUT2D eigenvalue weighted by Gasteiger charge is 2.18. The second-order valence-electron chi connectivity index (χ2n) is 27.4. The third-order valence-corrected chi connectivity index (χ3v) is 18.7. The first kappa shape index (κ1) is 85.1. The van der Waals surface area contributed by atoms with E-state index in [4.69, 9.17) is 4.74 Å². The summed E-state index contributed by atoms with van der Waals surface area (Å²) in [5.74, 6) is -0.0435. The highest BCUT2D eigenvalue weighted by Crippen LogP contribution is 2.20. The minimum absolute atomic E-state index is 0.0162. The highest BCUT2D eigenvalue weighted by atomic mass is 16.5. The Morgan fingerprint density at radius 2 is 0.575 bits per heavy atom. The first-order valence-electron chi connectivity index (χ1n) is 39.8. The predicted octanol–water partition coefficient (Wildman–Crippen LogP) is 26.2. The SMILES string of the molecule is CCCCC/C=C\C/C=C\CCCCCCCCCCCC(=O)OCCCCCCCCCCCCCCCCCCCCCCCCCCCCCCCC(=O)NC(CO)C(O)/C=C/CCCCCCCCCCCCCCCCCCCCCC.